The molecule has 1 saturated carbocycles. The van der Waals surface area contributed by atoms with Crippen LogP contribution in [0.2, 0.25) is 0 Å². The zero-order valence-corrected chi connectivity index (χ0v) is 25.0. The van der Waals surface area contributed by atoms with Crippen LogP contribution in [0.15, 0.2) is 54.6 Å². The van der Waals surface area contributed by atoms with Crippen molar-refractivity contribution in [2.45, 2.75) is 104 Å². The monoisotopic (exact) mass is 549 g/mol. The predicted octanol–water partition coefficient (Wildman–Crippen LogP) is 8.58. The first-order valence-corrected chi connectivity index (χ1v) is 14.4. The lowest BCUT2D eigenvalue weighted by molar-refractivity contribution is -0.211. The SMILES string of the molecule is CC.CC(C)(C)OC(=O)CC(CC/C=C/c1c(C2CC2)nc2ccccc2c1-c1ccc(F)cc1)OC(C)(C)O. The van der Waals surface area contributed by atoms with Crippen LogP contribution < -0.4 is 0 Å². The molecule has 1 fully saturated rings. The number of esters is 1. The Balaban J connectivity index is 0.00000216. The number of fused-ring (bicyclic) bond motifs is 1. The summed E-state index contributed by atoms with van der Waals surface area (Å²) in [6, 6.07) is 14.7. The fourth-order valence-corrected chi connectivity index (χ4v) is 4.67. The zero-order chi connectivity index (χ0) is 29.5. The third kappa shape index (κ3) is 9.24. The predicted molar refractivity (Wildman–Crippen MR) is 160 cm³/mol. The third-order valence-electron chi connectivity index (χ3n) is 6.27. The van der Waals surface area contributed by atoms with E-state index in [2.05, 4.69) is 18.2 Å². The van der Waals surface area contributed by atoms with E-state index in [4.69, 9.17) is 14.5 Å². The number of ether oxygens (including phenoxy) is 2. The molecule has 0 radical (unpaired) electrons. The van der Waals surface area contributed by atoms with E-state index in [1.807, 2.05) is 65.0 Å². The molecule has 1 atom stereocenters. The van der Waals surface area contributed by atoms with Crippen molar-refractivity contribution in [3.63, 3.8) is 0 Å². The molecule has 6 heteroatoms. The highest BCUT2D eigenvalue weighted by atomic mass is 19.1. The number of benzene rings is 2. The Kier molecular flexibility index (Phi) is 10.6. The maximum Gasteiger partial charge on any atom is 0.308 e. The summed E-state index contributed by atoms with van der Waals surface area (Å²) in [6.07, 6.45) is 7.10. The number of rotatable bonds is 10. The molecule has 216 valence electrons. The first kappa shape index (κ1) is 31.4. The van der Waals surface area contributed by atoms with Crippen LogP contribution in [0.1, 0.15) is 97.7 Å². The van der Waals surface area contributed by atoms with Gasteiger partial charge in [-0.05, 0) is 84.1 Å². The molecule has 1 aliphatic rings. The van der Waals surface area contributed by atoms with E-state index < -0.39 is 17.5 Å². The molecule has 0 aliphatic heterocycles. The third-order valence-corrected chi connectivity index (χ3v) is 6.27. The second kappa shape index (κ2) is 13.5. The van der Waals surface area contributed by atoms with Crippen LogP contribution in [-0.4, -0.2) is 33.6 Å². The van der Waals surface area contributed by atoms with Crippen LogP contribution in [0.25, 0.3) is 28.1 Å². The van der Waals surface area contributed by atoms with Crippen molar-refractivity contribution in [2.75, 3.05) is 0 Å². The highest BCUT2D eigenvalue weighted by Crippen LogP contribution is 2.45. The fourth-order valence-electron chi connectivity index (χ4n) is 4.67. The summed E-state index contributed by atoms with van der Waals surface area (Å²) in [6.45, 7) is 12.6. The maximum atomic E-state index is 13.8. The van der Waals surface area contributed by atoms with Crippen LogP contribution in [-0.2, 0) is 14.3 Å². The van der Waals surface area contributed by atoms with Gasteiger partial charge in [-0.2, -0.15) is 0 Å². The van der Waals surface area contributed by atoms with Crippen molar-refractivity contribution < 1.29 is 23.8 Å². The standard InChI is InChI=1S/C32H38FNO4.C2H6/c1-31(2,3)38-28(35)20-24(37-32(4,5)36)10-6-7-12-26-29(21-16-18-23(33)19-17-21)25-11-8-9-13-27(25)34-30(26)22-14-15-22;1-2/h7-9,11-13,16-19,22,24,36H,6,10,14-15,20H2,1-5H3;1-2H3/b12-7+;. The summed E-state index contributed by atoms with van der Waals surface area (Å²) in [4.78, 5) is 17.5. The van der Waals surface area contributed by atoms with Crippen molar-refractivity contribution in [1.29, 1.82) is 0 Å². The topological polar surface area (TPSA) is 68.7 Å². The summed E-state index contributed by atoms with van der Waals surface area (Å²) in [5.41, 5.74) is 4.45. The molecule has 0 bridgehead atoms. The molecule has 1 unspecified atom stereocenters. The van der Waals surface area contributed by atoms with Crippen LogP contribution in [0.5, 0.6) is 0 Å². The number of allylic oxidation sites excluding steroid dienone is 1. The summed E-state index contributed by atoms with van der Waals surface area (Å²) in [7, 11) is 0. The minimum Gasteiger partial charge on any atom is -0.460 e. The second-order valence-corrected chi connectivity index (χ2v) is 11.5. The number of aliphatic hydroxyl groups is 1. The lowest BCUT2D eigenvalue weighted by atomic mass is 9.92. The lowest BCUT2D eigenvalue weighted by Gasteiger charge is -2.27. The van der Waals surface area contributed by atoms with Gasteiger partial charge in [0.15, 0.2) is 5.79 Å². The molecule has 1 heterocycles. The van der Waals surface area contributed by atoms with Gasteiger partial charge in [0.1, 0.15) is 11.4 Å². The number of hydrogen-bond donors (Lipinski definition) is 1. The fraction of sp³-hybridized carbons (Fsp3) is 0.471. The van der Waals surface area contributed by atoms with Gasteiger partial charge in [-0.1, -0.05) is 56.3 Å². The summed E-state index contributed by atoms with van der Waals surface area (Å²) < 4.78 is 25.0. The number of carbonyl (C=O) groups excluding carboxylic acids is 1. The number of carbonyl (C=O) groups is 1. The largest absolute Gasteiger partial charge is 0.460 e. The smallest absolute Gasteiger partial charge is 0.308 e. The van der Waals surface area contributed by atoms with E-state index in [1.54, 1.807) is 13.8 Å². The molecule has 4 rings (SSSR count). The quantitative estimate of drug-likeness (QED) is 0.203. The molecule has 40 heavy (non-hydrogen) atoms. The zero-order valence-electron chi connectivity index (χ0n) is 25.0. The van der Waals surface area contributed by atoms with Gasteiger partial charge in [-0.25, -0.2) is 4.39 Å². The minimum absolute atomic E-state index is 0.0563. The maximum absolute atomic E-state index is 13.8. The van der Waals surface area contributed by atoms with E-state index in [0.717, 1.165) is 46.1 Å². The van der Waals surface area contributed by atoms with Crippen molar-refractivity contribution in [3.05, 3.63) is 71.7 Å². The number of para-hydroxylation sites is 1. The van der Waals surface area contributed by atoms with E-state index in [-0.39, 0.29) is 18.2 Å². The molecule has 2 aromatic carbocycles. The number of hydrogen-bond acceptors (Lipinski definition) is 5. The van der Waals surface area contributed by atoms with Crippen LogP contribution in [0, 0.1) is 5.82 Å². The van der Waals surface area contributed by atoms with Gasteiger partial charge in [0.25, 0.3) is 0 Å². The van der Waals surface area contributed by atoms with Crippen LogP contribution >= 0.6 is 0 Å². The van der Waals surface area contributed by atoms with Gasteiger partial charge in [0.05, 0.1) is 23.7 Å². The average Bonchev–Trinajstić information content (AvgIpc) is 3.71. The number of aromatic nitrogens is 1. The van der Waals surface area contributed by atoms with Crippen LogP contribution in [0.4, 0.5) is 4.39 Å². The Bertz CT molecular complexity index is 1300. The highest BCUT2D eigenvalue weighted by molar-refractivity contribution is 5.99. The molecule has 0 saturated heterocycles. The molecular weight excluding hydrogens is 505 g/mol. The summed E-state index contributed by atoms with van der Waals surface area (Å²) >= 11 is 0. The molecule has 5 nitrogen and oxygen atoms in total. The number of pyridine rings is 1. The first-order chi connectivity index (χ1) is 18.9. The van der Waals surface area contributed by atoms with Gasteiger partial charge < -0.3 is 14.6 Å². The molecule has 0 spiro atoms. The Morgan fingerprint density at radius 1 is 1.07 bits per heavy atom. The lowest BCUT2D eigenvalue weighted by Crippen LogP contribution is -2.33. The van der Waals surface area contributed by atoms with Gasteiger partial charge in [0, 0.05) is 22.4 Å². The summed E-state index contributed by atoms with van der Waals surface area (Å²) in [5, 5.41) is 11.3. The molecule has 1 aliphatic carbocycles. The first-order valence-electron chi connectivity index (χ1n) is 14.4. The minimum atomic E-state index is -1.37. The van der Waals surface area contributed by atoms with Gasteiger partial charge in [-0.3, -0.25) is 9.78 Å². The molecule has 0 amide bonds. The Hall–Kier alpha value is -3.09. The Morgan fingerprint density at radius 3 is 2.33 bits per heavy atom. The number of nitrogens with zero attached hydrogens (tertiary/aromatic N) is 1. The molecule has 1 aromatic heterocycles. The molecule has 3 aromatic rings. The Morgan fingerprint density at radius 2 is 1.73 bits per heavy atom. The average molecular weight is 550 g/mol. The van der Waals surface area contributed by atoms with E-state index >= 15 is 0 Å². The highest BCUT2D eigenvalue weighted by Gasteiger charge is 2.30. The van der Waals surface area contributed by atoms with Crippen molar-refractivity contribution in [1.82, 2.24) is 4.98 Å². The van der Waals surface area contributed by atoms with Gasteiger partial charge in [-0.15, -0.1) is 0 Å². The summed E-state index contributed by atoms with van der Waals surface area (Å²) in [5.74, 6) is -1.58. The van der Waals surface area contributed by atoms with Gasteiger partial charge >= 0.3 is 5.97 Å². The molecule has 1 N–H and O–H groups in total. The van der Waals surface area contributed by atoms with Crippen molar-refractivity contribution >= 4 is 22.9 Å². The van der Waals surface area contributed by atoms with Crippen molar-refractivity contribution in [2.24, 2.45) is 0 Å². The molecular formula is C34H44FNO4. The van der Waals surface area contributed by atoms with Crippen LogP contribution in [0.3, 0.4) is 0 Å². The van der Waals surface area contributed by atoms with Gasteiger partial charge in [0.2, 0.25) is 0 Å². The Labute approximate surface area is 238 Å². The van der Waals surface area contributed by atoms with E-state index in [0.29, 0.717) is 18.8 Å². The second-order valence-electron chi connectivity index (χ2n) is 11.5. The van der Waals surface area contributed by atoms with E-state index in [9.17, 15) is 14.3 Å². The van der Waals surface area contributed by atoms with Crippen molar-refractivity contribution in [3.8, 4) is 11.1 Å². The van der Waals surface area contributed by atoms with E-state index in [1.165, 1.54) is 12.1 Å². The number of halogens is 1. The normalized spacial score (nSPS) is 14.6.